The molecule has 1 aromatic heterocycles. The van der Waals surface area contributed by atoms with E-state index in [1.54, 1.807) is 0 Å². The summed E-state index contributed by atoms with van der Waals surface area (Å²) in [5, 5.41) is 0.245. The highest BCUT2D eigenvalue weighted by Crippen LogP contribution is 2.37. The Labute approximate surface area is 119 Å². The molecule has 0 saturated heterocycles. The smallest absolute Gasteiger partial charge is 0.192 e. The largest absolute Gasteiger partial charge is 0.411 e. The van der Waals surface area contributed by atoms with Crippen LogP contribution in [0.3, 0.4) is 0 Å². The summed E-state index contributed by atoms with van der Waals surface area (Å²) in [6, 6.07) is 6.23. The normalized spacial score (nSPS) is 13.7. The lowest BCUT2D eigenvalue weighted by Gasteiger charge is -2.36. The zero-order valence-corrected chi connectivity index (χ0v) is 14.8. The number of hydrogen-bond acceptors (Lipinski definition) is 2. The maximum Gasteiger partial charge on any atom is 0.192 e. The molecule has 0 aliphatic heterocycles. The molecule has 0 saturated carbocycles. The van der Waals surface area contributed by atoms with Gasteiger partial charge in [0.2, 0.25) is 0 Å². The minimum Gasteiger partial charge on any atom is -0.411 e. The van der Waals surface area contributed by atoms with Crippen molar-refractivity contribution in [1.29, 1.82) is 0 Å². The van der Waals surface area contributed by atoms with Crippen LogP contribution in [0, 0.1) is 0 Å². The molecule has 0 atom stereocenters. The van der Waals surface area contributed by atoms with E-state index in [4.69, 9.17) is 9.41 Å². The Morgan fingerprint density at radius 3 is 2.11 bits per heavy atom. The van der Waals surface area contributed by atoms with Crippen LogP contribution in [0.1, 0.15) is 52.9 Å². The van der Waals surface area contributed by atoms with Crippen molar-refractivity contribution in [1.82, 2.24) is 4.98 Å². The van der Waals surface area contributed by atoms with Crippen LogP contribution in [-0.2, 0) is 16.4 Å². The SMILES string of the molecule is CC(C)(C)c1cccc(CO[Si](C)(C)C(C)(C)C)n1. The van der Waals surface area contributed by atoms with Crippen LogP contribution in [0.15, 0.2) is 18.2 Å². The van der Waals surface area contributed by atoms with Gasteiger partial charge in [0.05, 0.1) is 12.3 Å². The van der Waals surface area contributed by atoms with E-state index in [1.807, 2.05) is 0 Å². The summed E-state index contributed by atoms with van der Waals surface area (Å²) >= 11 is 0. The van der Waals surface area contributed by atoms with Crippen LogP contribution < -0.4 is 0 Å². The van der Waals surface area contributed by atoms with Crippen molar-refractivity contribution >= 4 is 8.32 Å². The van der Waals surface area contributed by atoms with Gasteiger partial charge < -0.3 is 4.43 Å². The molecule has 0 N–H and O–H groups in total. The molecule has 1 aromatic rings. The summed E-state index contributed by atoms with van der Waals surface area (Å²) in [4.78, 5) is 4.73. The number of nitrogens with zero attached hydrogens (tertiary/aromatic N) is 1. The summed E-state index contributed by atoms with van der Waals surface area (Å²) in [6.07, 6.45) is 0. The van der Waals surface area contributed by atoms with Crippen LogP contribution in [0.4, 0.5) is 0 Å². The van der Waals surface area contributed by atoms with Crippen LogP contribution in [0.2, 0.25) is 18.1 Å². The molecule has 0 aliphatic rings. The average molecular weight is 279 g/mol. The Balaban J connectivity index is 2.80. The second-order valence-electron chi connectivity index (χ2n) is 7.81. The fourth-order valence-electron chi connectivity index (χ4n) is 1.45. The van der Waals surface area contributed by atoms with E-state index >= 15 is 0 Å². The first kappa shape index (κ1) is 16.4. The summed E-state index contributed by atoms with van der Waals surface area (Å²) in [5.74, 6) is 0. The molecule has 2 nitrogen and oxygen atoms in total. The number of pyridine rings is 1. The second-order valence-corrected chi connectivity index (χ2v) is 12.6. The minimum atomic E-state index is -1.69. The van der Waals surface area contributed by atoms with Gasteiger partial charge in [0.25, 0.3) is 0 Å². The molecule has 108 valence electrons. The molecule has 1 heterocycles. The van der Waals surface area contributed by atoms with Crippen LogP contribution in [-0.4, -0.2) is 13.3 Å². The van der Waals surface area contributed by atoms with Crippen molar-refractivity contribution in [2.24, 2.45) is 0 Å². The molecule has 0 amide bonds. The molecule has 1 rings (SSSR count). The highest BCUT2D eigenvalue weighted by atomic mass is 28.4. The molecular weight excluding hydrogens is 250 g/mol. The molecule has 0 aliphatic carbocycles. The van der Waals surface area contributed by atoms with Gasteiger partial charge in [-0.15, -0.1) is 0 Å². The molecule has 19 heavy (non-hydrogen) atoms. The minimum absolute atomic E-state index is 0.0903. The van der Waals surface area contributed by atoms with Gasteiger partial charge in [0, 0.05) is 11.1 Å². The highest BCUT2D eigenvalue weighted by molar-refractivity contribution is 6.74. The monoisotopic (exact) mass is 279 g/mol. The van der Waals surface area contributed by atoms with Gasteiger partial charge in [-0.25, -0.2) is 0 Å². The summed E-state index contributed by atoms with van der Waals surface area (Å²) in [5.41, 5.74) is 2.26. The first-order valence-electron chi connectivity index (χ1n) is 7.04. The Hall–Kier alpha value is -0.673. The molecule has 0 radical (unpaired) electrons. The average Bonchev–Trinajstić information content (AvgIpc) is 2.24. The first-order chi connectivity index (χ1) is 8.43. The Morgan fingerprint density at radius 1 is 1.05 bits per heavy atom. The van der Waals surface area contributed by atoms with Crippen molar-refractivity contribution in [2.75, 3.05) is 0 Å². The third-order valence-corrected chi connectivity index (χ3v) is 8.44. The third kappa shape index (κ3) is 4.43. The Morgan fingerprint density at radius 2 is 1.63 bits per heavy atom. The third-order valence-electron chi connectivity index (χ3n) is 3.96. The maximum absolute atomic E-state index is 6.22. The molecule has 0 fully saturated rings. The lowest BCUT2D eigenvalue weighted by atomic mass is 9.91. The van der Waals surface area contributed by atoms with Gasteiger partial charge in [0.15, 0.2) is 8.32 Å². The highest BCUT2D eigenvalue weighted by Gasteiger charge is 2.37. The van der Waals surface area contributed by atoms with Gasteiger partial charge in [-0.05, 0) is 30.3 Å². The zero-order valence-electron chi connectivity index (χ0n) is 13.8. The molecule has 0 bridgehead atoms. The predicted octanol–water partition coefficient (Wildman–Crippen LogP) is 4.90. The van der Waals surface area contributed by atoms with Gasteiger partial charge in [-0.3, -0.25) is 4.98 Å². The van der Waals surface area contributed by atoms with Crippen molar-refractivity contribution in [2.45, 2.75) is 71.7 Å². The van der Waals surface area contributed by atoms with E-state index < -0.39 is 8.32 Å². The van der Waals surface area contributed by atoms with E-state index in [1.165, 1.54) is 0 Å². The Kier molecular flexibility index (Phi) is 4.63. The van der Waals surface area contributed by atoms with Gasteiger partial charge in [0.1, 0.15) is 0 Å². The van der Waals surface area contributed by atoms with E-state index in [0.29, 0.717) is 6.61 Å². The number of rotatable bonds is 3. The van der Waals surface area contributed by atoms with Crippen molar-refractivity contribution < 1.29 is 4.43 Å². The molecule has 0 aromatic carbocycles. The van der Waals surface area contributed by atoms with E-state index in [9.17, 15) is 0 Å². The lowest BCUT2D eigenvalue weighted by molar-refractivity contribution is 0.271. The molecule has 3 heteroatoms. The van der Waals surface area contributed by atoms with Crippen LogP contribution in [0.5, 0.6) is 0 Å². The standard InChI is InChI=1S/C16H29NOSi/c1-15(2,3)14-11-9-10-13(17-14)12-18-19(7,8)16(4,5)6/h9-11H,12H2,1-8H3. The number of hydrogen-bond donors (Lipinski definition) is 0. The van der Waals surface area contributed by atoms with E-state index in [2.05, 4.69) is 72.8 Å². The summed E-state index contributed by atoms with van der Waals surface area (Å²) < 4.78 is 6.22. The van der Waals surface area contributed by atoms with Gasteiger partial charge >= 0.3 is 0 Å². The van der Waals surface area contributed by atoms with Crippen LogP contribution in [0.25, 0.3) is 0 Å². The molecule has 0 unspecified atom stereocenters. The van der Waals surface area contributed by atoms with E-state index in [-0.39, 0.29) is 10.5 Å². The quantitative estimate of drug-likeness (QED) is 0.734. The summed E-state index contributed by atoms with van der Waals surface area (Å²) in [6.45, 7) is 18.5. The predicted molar refractivity (Wildman–Crippen MR) is 84.9 cm³/mol. The van der Waals surface area contributed by atoms with Crippen molar-refractivity contribution in [3.63, 3.8) is 0 Å². The first-order valence-corrected chi connectivity index (χ1v) is 9.95. The van der Waals surface area contributed by atoms with Crippen molar-refractivity contribution in [3.8, 4) is 0 Å². The lowest BCUT2D eigenvalue weighted by Crippen LogP contribution is -2.40. The zero-order chi connectivity index (χ0) is 14.9. The van der Waals surface area contributed by atoms with E-state index in [0.717, 1.165) is 11.4 Å². The topological polar surface area (TPSA) is 22.1 Å². The van der Waals surface area contributed by atoms with Crippen molar-refractivity contribution in [3.05, 3.63) is 29.6 Å². The maximum atomic E-state index is 6.22. The fourth-order valence-corrected chi connectivity index (χ4v) is 2.39. The number of aromatic nitrogens is 1. The second kappa shape index (κ2) is 5.37. The fraction of sp³-hybridized carbons (Fsp3) is 0.688. The molecule has 0 spiro atoms. The van der Waals surface area contributed by atoms with Gasteiger partial charge in [-0.1, -0.05) is 47.6 Å². The van der Waals surface area contributed by atoms with Gasteiger partial charge in [-0.2, -0.15) is 0 Å². The Bertz CT molecular complexity index is 427. The summed E-state index contributed by atoms with van der Waals surface area (Å²) in [7, 11) is -1.69. The van der Waals surface area contributed by atoms with Crippen LogP contribution >= 0.6 is 0 Å². The molecular formula is C16H29NOSi.